The first-order valence-electron chi connectivity index (χ1n) is 12.3. The second-order valence-corrected chi connectivity index (χ2v) is 10.1. The van der Waals surface area contributed by atoms with Crippen molar-refractivity contribution >= 4 is 22.8 Å². The molecule has 0 saturated carbocycles. The number of anilines is 2. The lowest BCUT2D eigenvalue weighted by Crippen LogP contribution is -2.42. The van der Waals surface area contributed by atoms with Gasteiger partial charge in [-0.15, -0.1) is 0 Å². The summed E-state index contributed by atoms with van der Waals surface area (Å²) in [5.41, 5.74) is 2.53. The molecule has 0 radical (unpaired) electrons. The van der Waals surface area contributed by atoms with E-state index >= 15 is 4.39 Å². The van der Waals surface area contributed by atoms with Crippen molar-refractivity contribution in [2.75, 3.05) is 31.5 Å². The Morgan fingerprint density at radius 2 is 1.78 bits per heavy atom. The van der Waals surface area contributed by atoms with Crippen molar-refractivity contribution in [1.82, 2.24) is 34.7 Å². The van der Waals surface area contributed by atoms with E-state index in [0.29, 0.717) is 28.4 Å². The first-order chi connectivity index (χ1) is 17.4. The van der Waals surface area contributed by atoms with Gasteiger partial charge in [0.1, 0.15) is 23.0 Å². The Hall–Kier alpha value is -3.50. The second-order valence-electron chi connectivity index (χ2n) is 10.1. The summed E-state index contributed by atoms with van der Waals surface area (Å²) in [4.78, 5) is 19.8. The van der Waals surface area contributed by atoms with E-state index in [1.54, 1.807) is 18.5 Å². The molecule has 4 aromatic rings. The molecule has 6 rings (SSSR count). The van der Waals surface area contributed by atoms with E-state index in [2.05, 4.69) is 53.9 Å². The Balaban J connectivity index is 1.27. The molecule has 0 spiro atoms. The van der Waals surface area contributed by atoms with Crippen molar-refractivity contribution in [3.8, 4) is 11.1 Å². The van der Waals surface area contributed by atoms with Crippen LogP contribution in [0.1, 0.15) is 31.7 Å². The minimum absolute atomic E-state index is 0.174. The molecule has 0 atom stereocenters. The summed E-state index contributed by atoms with van der Waals surface area (Å²) in [7, 11) is 0. The summed E-state index contributed by atoms with van der Waals surface area (Å²) in [5, 5.41) is 6.38. The van der Waals surface area contributed by atoms with E-state index < -0.39 is 11.6 Å². The standard InChI is InChI=1S/C26H28F2N8/c1-26(2)4-3-23-34-24-19(27)9-17(10-21(24)36(23)26)18-11-22(30-14-20(18)28)33-25-31-12-16(13-32-25)15-35-7-5-29-6-8-35/h9-14,29H,3-8,15H2,1-2H3,(H,30,31,32,33). The number of aryl methyl sites for hydroxylation is 1. The van der Waals surface area contributed by atoms with Crippen LogP contribution in [0.25, 0.3) is 22.2 Å². The lowest BCUT2D eigenvalue weighted by atomic mass is 10.0. The van der Waals surface area contributed by atoms with Crippen LogP contribution in [0.2, 0.25) is 0 Å². The Morgan fingerprint density at radius 3 is 2.56 bits per heavy atom. The highest BCUT2D eigenvalue weighted by Gasteiger charge is 2.33. The number of nitrogens with one attached hydrogen (secondary N) is 2. The normalized spacial score (nSPS) is 17.4. The van der Waals surface area contributed by atoms with Crippen molar-refractivity contribution < 1.29 is 8.78 Å². The van der Waals surface area contributed by atoms with Gasteiger partial charge in [0.15, 0.2) is 5.82 Å². The van der Waals surface area contributed by atoms with E-state index in [1.165, 1.54) is 6.07 Å². The van der Waals surface area contributed by atoms with E-state index in [1.807, 2.05) is 6.07 Å². The fourth-order valence-corrected chi connectivity index (χ4v) is 5.18. The van der Waals surface area contributed by atoms with E-state index in [-0.39, 0.29) is 11.1 Å². The number of rotatable bonds is 5. The van der Waals surface area contributed by atoms with Crippen LogP contribution in [0.4, 0.5) is 20.5 Å². The number of aromatic nitrogens is 5. The highest BCUT2D eigenvalue weighted by Crippen LogP contribution is 2.38. The zero-order valence-electron chi connectivity index (χ0n) is 20.4. The molecule has 0 bridgehead atoms. The van der Waals surface area contributed by atoms with Gasteiger partial charge in [0.2, 0.25) is 5.95 Å². The third kappa shape index (κ3) is 4.20. The Labute approximate surface area is 207 Å². The highest BCUT2D eigenvalue weighted by molar-refractivity contribution is 5.84. The highest BCUT2D eigenvalue weighted by atomic mass is 19.1. The van der Waals surface area contributed by atoms with Gasteiger partial charge in [-0.2, -0.15) is 0 Å². The van der Waals surface area contributed by atoms with E-state index in [0.717, 1.165) is 63.2 Å². The summed E-state index contributed by atoms with van der Waals surface area (Å²) in [6.45, 7) is 8.97. The number of fused-ring (bicyclic) bond motifs is 3. The van der Waals surface area contributed by atoms with Crippen LogP contribution in [0.3, 0.4) is 0 Å². The summed E-state index contributed by atoms with van der Waals surface area (Å²) >= 11 is 0. The number of halogens is 2. The molecule has 5 heterocycles. The fourth-order valence-electron chi connectivity index (χ4n) is 5.18. The van der Waals surface area contributed by atoms with Crippen molar-refractivity contribution in [1.29, 1.82) is 0 Å². The molecule has 2 aliphatic heterocycles. The molecule has 186 valence electrons. The van der Waals surface area contributed by atoms with Crippen molar-refractivity contribution in [3.05, 3.63) is 59.8 Å². The number of imidazole rings is 1. The van der Waals surface area contributed by atoms with Gasteiger partial charge in [0.25, 0.3) is 0 Å². The minimum Gasteiger partial charge on any atom is -0.322 e. The lowest BCUT2D eigenvalue weighted by Gasteiger charge is -2.26. The summed E-state index contributed by atoms with van der Waals surface area (Å²) in [6, 6.07) is 4.70. The number of hydrogen-bond acceptors (Lipinski definition) is 7. The van der Waals surface area contributed by atoms with Crippen LogP contribution < -0.4 is 10.6 Å². The second kappa shape index (κ2) is 8.86. The Kier molecular flexibility index (Phi) is 5.65. The maximum Gasteiger partial charge on any atom is 0.228 e. The van der Waals surface area contributed by atoms with Crippen molar-refractivity contribution in [2.45, 2.75) is 38.8 Å². The quantitative estimate of drug-likeness (QED) is 0.438. The maximum atomic E-state index is 15.1. The number of benzene rings is 1. The van der Waals surface area contributed by atoms with Crippen LogP contribution >= 0.6 is 0 Å². The van der Waals surface area contributed by atoms with Gasteiger partial charge in [-0.1, -0.05) is 0 Å². The molecule has 10 heteroatoms. The Morgan fingerprint density at radius 1 is 1.00 bits per heavy atom. The van der Waals surface area contributed by atoms with Crippen molar-refractivity contribution in [3.63, 3.8) is 0 Å². The first-order valence-corrected chi connectivity index (χ1v) is 12.3. The average Bonchev–Trinajstić information content (AvgIpc) is 3.40. The van der Waals surface area contributed by atoms with Gasteiger partial charge in [-0.25, -0.2) is 28.7 Å². The summed E-state index contributed by atoms with van der Waals surface area (Å²) < 4.78 is 32.0. The van der Waals surface area contributed by atoms with Crippen LogP contribution in [0, 0.1) is 11.6 Å². The van der Waals surface area contributed by atoms with E-state index in [9.17, 15) is 4.39 Å². The molecule has 36 heavy (non-hydrogen) atoms. The number of piperazine rings is 1. The molecule has 3 aromatic heterocycles. The maximum absolute atomic E-state index is 15.1. The van der Waals surface area contributed by atoms with Gasteiger partial charge in [0, 0.05) is 68.2 Å². The SMILES string of the molecule is CC1(C)CCc2nc3c(F)cc(-c4cc(Nc5ncc(CN6CCNCC6)cn5)ncc4F)cc3n21. The molecule has 0 aliphatic carbocycles. The molecule has 2 N–H and O–H groups in total. The molecule has 1 fully saturated rings. The number of nitrogens with zero attached hydrogens (tertiary/aromatic N) is 6. The van der Waals surface area contributed by atoms with Crippen LogP contribution in [-0.4, -0.2) is 55.6 Å². The smallest absolute Gasteiger partial charge is 0.228 e. The molecule has 2 aliphatic rings. The van der Waals surface area contributed by atoms with Crippen LogP contribution in [-0.2, 0) is 18.5 Å². The van der Waals surface area contributed by atoms with Gasteiger partial charge < -0.3 is 15.2 Å². The number of hydrogen-bond donors (Lipinski definition) is 2. The van der Waals surface area contributed by atoms with Gasteiger partial charge >= 0.3 is 0 Å². The number of pyridine rings is 1. The average molecular weight is 491 g/mol. The summed E-state index contributed by atoms with van der Waals surface area (Å²) in [6.07, 6.45) is 6.43. The first kappa shape index (κ1) is 22.9. The summed E-state index contributed by atoms with van der Waals surface area (Å²) in [5.74, 6) is 0.601. The van der Waals surface area contributed by atoms with Gasteiger partial charge in [-0.3, -0.25) is 4.90 Å². The van der Waals surface area contributed by atoms with Gasteiger partial charge in [-0.05, 0) is 44.0 Å². The molecular formula is C26H28F2N8. The minimum atomic E-state index is -0.535. The fraction of sp³-hybridized carbons (Fsp3) is 0.385. The molecule has 1 saturated heterocycles. The third-order valence-electron chi connectivity index (χ3n) is 7.08. The zero-order valence-corrected chi connectivity index (χ0v) is 20.4. The predicted molar refractivity (Wildman–Crippen MR) is 134 cm³/mol. The topological polar surface area (TPSA) is 83.8 Å². The monoisotopic (exact) mass is 490 g/mol. The predicted octanol–water partition coefficient (Wildman–Crippen LogP) is 4.00. The molecule has 1 aromatic carbocycles. The molecule has 0 amide bonds. The molecular weight excluding hydrogens is 462 g/mol. The largest absolute Gasteiger partial charge is 0.322 e. The van der Waals surface area contributed by atoms with Gasteiger partial charge in [0.05, 0.1) is 11.7 Å². The molecule has 8 nitrogen and oxygen atoms in total. The van der Waals surface area contributed by atoms with E-state index in [4.69, 9.17) is 0 Å². The lowest BCUT2D eigenvalue weighted by molar-refractivity contribution is 0.233. The van der Waals surface area contributed by atoms with Crippen LogP contribution in [0.5, 0.6) is 0 Å². The Bertz CT molecular complexity index is 1420. The zero-order chi connectivity index (χ0) is 24.9. The third-order valence-corrected chi connectivity index (χ3v) is 7.08. The molecule has 0 unspecified atom stereocenters. The van der Waals surface area contributed by atoms with Crippen LogP contribution in [0.15, 0.2) is 36.8 Å². The van der Waals surface area contributed by atoms with Crippen molar-refractivity contribution in [2.24, 2.45) is 0 Å².